The Morgan fingerprint density at radius 3 is 2.78 bits per heavy atom. The summed E-state index contributed by atoms with van der Waals surface area (Å²) in [6, 6.07) is 7.00. The van der Waals surface area contributed by atoms with E-state index in [9.17, 15) is 14.0 Å². The molecule has 118 valence electrons. The Balaban J connectivity index is 1.88. The van der Waals surface area contributed by atoms with Crippen LogP contribution in [-0.4, -0.2) is 21.8 Å². The molecule has 0 saturated carbocycles. The molecular weight excluding hydrogens is 321 g/mol. The summed E-state index contributed by atoms with van der Waals surface area (Å²) in [5.41, 5.74) is -0.0110. The van der Waals surface area contributed by atoms with Crippen molar-refractivity contribution >= 4 is 23.5 Å². The van der Waals surface area contributed by atoms with Gasteiger partial charge in [-0.2, -0.15) is 0 Å². The number of urea groups is 1. The normalized spacial score (nSPS) is 20.7. The Kier molecular flexibility index (Phi) is 3.77. The molecule has 1 saturated heterocycles. The topological polar surface area (TPSA) is 62.3 Å². The molecule has 2 aromatic rings. The lowest BCUT2D eigenvalue weighted by Gasteiger charge is -2.21. The summed E-state index contributed by atoms with van der Waals surface area (Å²) in [6.45, 7) is 1.64. The smallest absolute Gasteiger partial charge is 0.319 e. The monoisotopic (exact) mass is 333 g/mol. The van der Waals surface area contributed by atoms with Gasteiger partial charge in [-0.05, 0) is 30.7 Å². The van der Waals surface area contributed by atoms with Crippen molar-refractivity contribution in [3.05, 3.63) is 64.7 Å². The minimum absolute atomic E-state index is 0.0144. The molecule has 1 fully saturated rings. The van der Waals surface area contributed by atoms with E-state index in [2.05, 4.69) is 10.3 Å². The number of aromatic nitrogens is 1. The van der Waals surface area contributed by atoms with Crippen LogP contribution in [0.1, 0.15) is 18.1 Å². The Bertz CT molecular complexity index is 784. The zero-order valence-electron chi connectivity index (χ0n) is 12.2. The molecule has 5 nitrogen and oxygen atoms in total. The summed E-state index contributed by atoms with van der Waals surface area (Å²) in [5, 5.41) is 2.63. The highest BCUT2D eigenvalue weighted by Crippen LogP contribution is 2.29. The summed E-state index contributed by atoms with van der Waals surface area (Å²) in [5.74, 6) is -0.941. The molecule has 1 N–H and O–H groups in total. The van der Waals surface area contributed by atoms with Crippen LogP contribution in [0.25, 0.3) is 0 Å². The molecule has 0 spiro atoms. The van der Waals surface area contributed by atoms with Gasteiger partial charge in [0.1, 0.15) is 11.4 Å². The first-order valence-corrected chi connectivity index (χ1v) is 7.28. The number of pyridine rings is 1. The third-order valence-electron chi connectivity index (χ3n) is 3.84. The van der Waals surface area contributed by atoms with Gasteiger partial charge in [-0.3, -0.25) is 14.7 Å². The second-order valence-electron chi connectivity index (χ2n) is 5.44. The minimum Gasteiger partial charge on any atom is -0.319 e. The molecular formula is C16H13ClFN3O2. The van der Waals surface area contributed by atoms with E-state index in [1.807, 2.05) is 0 Å². The van der Waals surface area contributed by atoms with Crippen LogP contribution in [0, 0.1) is 5.82 Å². The number of halogens is 2. The zero-order chi connectivity index (χ0) is 16.6. The number of hydrogen-bond acceptors (Lipinski definition) is 3. The van der Waals surface area contributed by atoms with E-state index >= 15 is 0 Å². The van der Waals surface area contributed by atoms with Gasteiger partial charge in [0.25, 0.3) is 5.91 Å². The molecule has 3 rings (SSSR count). The van der Waals surface area contributed by atoms with E-state index in [1.54, 1.807) is 25.3 Å². The number of nitrogens with zero attached hydrogens (tertiary/aromatic N) is 2. The number of carbonyl (C=O) groups excluding carboxylic acids is 2. The highest BCUT2D eigenvalue weighted by atomic mass is 35.5. The molecule has 1 aliphatic rings. The molecule has 0 bridgehead atoms. The van der Waals surface area contributed by atoms with Crippen molar-refractivity contribution in [3.63, 3.8) is 0 Å². The second kappa shape index (κ2) is 5.62. The van der Waals surface area contributed by atoms with Crippen LogP contribution in [0.15, 0.2) is 42.7 Å². The molecule has 7 heteroatoms. The van der Waals surface area contributed by atoms with Crippen LogP contribution in [0.2, 0.25) is 5.02 Å². The highest BCUT2D eigenvalue weighted by molar-refractivity contribution is 6.30. The fraction of sp³-hybridized carbons (Fsp3) is 0.188. The Morgan fingerprint density at radius 2 is 2.13 bits per heavy atom. The SMILES string of the molecule is CC1(c2cccnc2)NC(=O)N(Cc2ccc(F)c(Cl)c2)C1=O. The molecule has 1 atom stereocenters. The van der Waals surface area contributed by atoms with Crippen LogP contribution in [-0.2, 0) is 16.9 Å². The van der Waals surface area contributed by atoms with E-state index in [0.29, 0.717) is 11.1 Å². The largest absolute Gasteiger partial charge is 0.325 e. The lowest BCUT2D eigenvalue weighted by molar-refractivity contribution is -0.131. The highest BCUT2D eigenvalue weighted by Gasteiger charge is 2.49. The number of amides is 3. The maximum atomic E-state index is 13.2. The molecule has 1 aromatic heterocycles. The van der Waals surface area contributed by atoms with Gasteiger partial charge >= 0.3 is 6.03 Å². The number of hydrogen-bond donors (Lipinski definition) is 1. The predicted molar refractivity (Wildman–Crippen MR) is 82.1 cm³/mol. The Morgan fingerprint density at radius 1 is 1.35 bits per heavy atom. The number of imide groups is 1. The molecule has 0 aliphatic carbocycles. The van der Waals surface area contributed by atoms with Crippen molar-refractivity contribution in [2.24, 2.45) is 0 Å². The number of carbonyl (C=O) groups is 2. The summed E-state index contributed by atoms with van der Waals surface area (Å²) >= 11 is 5.74. The van der Waals surface area contributed by atoms with Gasteiger partial charge in [0.2, 0.25) is 0 Å². The molecule has 3 amide bonds. The quantitative estimate of drug-likeness (QED) is 0.879. The fourth-order valence-electron chi connectivity index (χ4n) is 2.52. The predicted octanol–water partition coefficient (Wildman–Crippen LogP) is 2.84. The number of nitrogens with one attached hydrogen (secondary N) is 1. The standard InChI is InChI=1S/C16H13ClFN3O2/c1-16(11-3-2-6-19-8-11)14(22)21(15(23)20-16)9-10-4-5-13(18)12(17)7-10/h2-8H,9H2,1H3,(H,20,23). The second-order valence-corrected chi connectivity index (χ2v) is 5.84. The maximum absolute atomic E-state index is 13.2. The molecule has 1 aliphatic heterocycles. The van der Waals surface area contributed by atoms with Crippen LogP contribution in [0.5, 0.6) is 0 Å². The van der Waals surface area contributed by atoms with Gasteiger partial charge in [0.15, 0.2) is 0 Å². The van der Waals surface area contributed by atoms with Crippen molar-refractivity contribution in [2.45, 2.75) is 19.0 Å². The molecule has 2 heterocycles. The number of rotatable bonds is 3. The van der Waals surface area contributed by atoms with E-state index in [0.717, 1.165) is 4.90 Å². The summed E-state index contributed by atoms with van der Waals surface area (Å²) in [7, 11) is 0. The van der Waals surface area contributed by atoms with Gasteiger partial charge in [0, 0.05) is 18.0 Å². The van der Waals surface area contributed by atoms with Crippen molar-refractivity contribution in [1.29, 1.82) is 0 Å². The van der Waals surface area contributed by atoms with Gasteiger partial charge < -0.3 is 5.32 Å². The first kappa shape index (κ1) is 15.4. The van der Waals surface area contributed by atoms with E-state index < -0.39 is 23.3 Å². The summed E-state index contributed by atoms with van der Waals surface area (Å²) in [4.78, 5) is 30.0. The van der Waals surface area contributed by atoms with Crippen LogP contribution < -0.4 is 5.32 Å². The van der Waals surface area contributed by atoms with Gasteiger partial charge in [-0.1, -0.05) is 23.7 Å². The first-order valence-electron chi connectivity index (χ1n) is 6.90. The zero-order valence-corrected chi connectivity index (χ0v) is 13.0. The van der Waals surface area contributed by atoms with E-state index in [1.165, 1.54) is 24.4 Å². The molecule has 1 aromatic carbocycles. The average molecular weight is 334 g/mol. The fourth-order valence-corrected chi connectivity index (χ4v) is 2.72. The lowest BCUT2D eigenvalue weighted by Crippen LogP contribution is -2.40. The number of benzene rings is 1. The van der Waals surface area contributed by atoms with Crippen LogP contribution in [0.3, 0.4) is 0 Å². The third-order valence-corrected chi connectivity index (χ3v) is 4.13. The van der Waals surface area contributed by atoms with Crippen molar-refractivity contribution < 1.29 is 14.0 Å². The van der Waals surface area contributed by atoms with Gasteiger partial charge in [0.05, 0.1) is 11.6 Å². The average Bonchev–Trinajstić information content (AvgIpc) is 2.76. The molecule has 1 unspecified atom stereocenters. The van der Waals surface area contributed by atoms with Crippen molar-refractivity contribution in [1.82, 2.24) is 15.2 Å². The summed E-state index contributed by atoms with van der Waals surface area (Å²) in [6.07, 6.45) is 3.13. The van der Waals surface area contributed by atoms with Crippen LogP contribution >= 0.6 is 11.6 Å². The van der Waals surface area contributed by atoms with E-state index in [-0.39, 0.29) is 11.6 Å². The third kappa shape index (κ3) is 2.66. The maximum Gasteiger partial charge on any atom is 0.325 e. The molecule has 23 heavy (non-hydrogen) atoms. The van der Waals surface area contributed by atoms with Crippen molar-refractivity contribution in [3.8, 4) is 0 Å². The summed E-state index contributed by atoms with van der Waals surface area (Å²) < 4.78 is 13.2. The Labute approximate surface area is 137 Å². The van der Waals surface area contributed by atoms with Gasteiger partial charge in [-0.15, -0.1) is 0 Å². The van der Waals surface area contributed by atoms with Gasteiger partial charge in [-0.25, -0.2) is 9.18 Å². The minimum atomic E-state index is -1.17. The molecule has 0 radical (unpaired) electrons. The first-order chi connectivity index (χ1) is 10.9. The van der Waals surface area contributed by atoms with E-state index in [4.69, 9.17) is 11.6 Å². The Hall–Kier alpha value is -2.47. The van der Waals surface area contributed by atoms with Crippen LogP contribution in [0.4, 0.5) is 9.18 Å². The van der Waals surface area contributed by atoms with Crippen molar-refractivity contribution in [2.75, 3.05) is 0 Å². The lowest BCUT2D eigenvalue weighted by atomic mass is 9.93.